The molecule has 0 bridgehead atoms. The van der Waals surface area contributed by atoms with Gasteiger partial charge in [-0.15, -0.1) is 0 Å². The average Bonchev–Trinajstić information content (AvgIpc) is 3.05. The van der Waals surface area contributed by atoms with E-state index in [9.17, 15) is 14.9 Å². The minimum Gasteiger partial charge on any atom is -0.395 e. The number of amides is 1. The van der Waals surface area contributed by atoms with Crippen LogP contribution < -0.4 is 5.32 Å². The van der Waals surface area contributed by atoms with Crippen LogP contribution in [0.5, 0.6) is 0 Å². The summed E-state index contributed by atoms with van der Waals surface area (Å²) in [6.07, 6.45) is 0.616. The summed E-state index contributed by atoms with van der Waals surface area (Å²) >= 11 is 0. The molecule has 23 heavy (non-hydrogen) atoms. The van der Waals surface area contributed by atoms with Crippen molar-refractivity contribution in [3.63, 3.8) is 0 Å². The van der Waals surface area contributed by atoms with Crippen molar-refractivity contribution in [3.05, 3.63) is 63.9 Å². The molecule has 1 unspecified atom stereocenters. The van der Waals surface area contributed by atoms with Gasteiger partial charge in [0.25, 0.3) is 5.91 Å². The number of nitrogens with zero attached hydrogens (tertiary/aromatic N) is 1. The maximum Gasteiger partial charge on any atom is 0.433 e. The Morgan fingerprint density at radius 2 is 2.04 bits per heavy atom. The van der Waals surface area contributed by atoms with Gasteiger partial charge in [0.2, 0.25) is 0 Å². The molecule has 0 saturated carbocycles. The van der Waals surface area contributed by atoms with Crippen LogP contribution in [0, 0.1) is 10.1 Å². The van der Waals surface area contributed by atoms with E-state index in [2.05, 4.69) is 5.32 Å². The molecule has 1 heterocycles. The van der Waals surface area contributed by atoms with E-state index < -0.39 is 16.7 Å². The fourth-order valence-corrected chi connectivity index (χ4v) is 1.99. The summed E-state index contributed by atoms with van der Waals surface area (Å²) in [6, 6.07) is 12.3. The Labute approximate surface area is 133 Å². The third kappa shape index (κ3) is 4.93. The largest absolute Gasteiger partial charge is 0.433 e. The van der Waals surface area contributed by atoms with Crippen LogP contribution in [0.15, 0.2) is 46.9 Å². The quantitative estimate of drug-likeness (QED) is 0.458. The smallest absolute Gasteiger partial charge is 0.395 e. The lowest BCUT2D eigenvalue weighted by atomic mass is 10.1. The van der Waals surface area contributed by atoms with Crippen molar-refractivity contribution < 1.29 is 18.9 Å². The van der Waals surface area contributed by atoms with Gasteiger partial charge in [-0.1, -0.05) is 30.3 Å². The van der Waals surface area contributed by atoms with Gasteiger partial charge in [0.15, 0.2) is 5.76 Å². The van der Waals surface area contributed by atoms with Crippen molar-refractivity contribution in [1.29, 1.82) is 0 Å². The van der Waals surface area contributed by atoms with Gasteiger partial charge in [-0.25, -0.2) is 0 Å². The molecule has 7 heteroatoms. The molecule has 7 nitrogen and oxygen atoms in total. The van der Waals surface area contributed by atoms with E-state index in [4.69, 9.17) is 9.15 Å². The van der Waals surface area contributed by atoms with Crippen LogP contribution in [0.4, 0.5) is 5.88 Å². The molecule has 0 saturated heterocycles. The molecule has 2 rings (SSSR count). The molecular weight excluding hydrogens is 300 g/mol. The number of nitrogens with one attached hydrogen (secondary N) is 1. The van der Waals surface area contributed by atoms with Crippen LogP contribution in [0.1, 0.15) is 35.6 Å². The van der Waals surface area contributed by atoms with E-state index in [0.717, 1.165) is 11.6 Å². The van der Waals surface area contributed by atoms with Gasteiger partial charge < -0.3 is 14.5 Å². The average molecular weight is 318 g/mol. The number of hydrogen-bond acceptors (Lipinski definition) is 5. The molecule has 1 aromatic heterocycles. The SMILES string of the molecule is CC(OCCCNC(=O)c1ccc([N+](=O)[O-])o1)c1ccccc1. The molecule has 1 N–H and O–H groups in total. The first kappa shape index (κ1) is 16.7. The monoisotopic (exact) mass is 318 g/mol. The predicted molar refractivity (Wildman–Crippen MR) is 83.1 cm³/mol. The Kier molecular flexibility index (Phi) is 5.87. The van der Waals surface area contributed by atoms with E-state index in [1.165, 1.54) is 6.07 Å². The molecule has 1 amide bonds. The van der Waals surface area contributed by atoms with Crippen LogP contribution in [0.25, 0.3) is 0 Å². The molecule has 1 aromatic carbocycles. The highest BCUT2D eigenvalue weighted by molar-refractivity contribution is 5.91. The Morgan fingerprint density at radius 3 is 2.70 bits per heavy atom. The van der Waals surface area contributed by atoms with Crippen molar-refractivity contribution in [2.75, 3.05) is 13.2 Å². The fourth-order valence-electron chi connectivity index (χ4n) is 1.99. The van der Waals surface area contributed by atoms with Crippen molar-refractivity contribution in [2.24, 2.45) is 0 Å². The lowest BCUT2D eigenvalue weighted by Crippen LogP contribution is -2.24. The molecule has 0 radical (unpaired) electrons. The van der Waals surface area contributed by atoms with Gasteiger partial charge in [-0.3, -0.25) is 14.9 Å². The second-order valence-electron chi connectivity index (χ2n) is 4.93. The van der Waals surface area contributed by atoms with E-state index in [0.29, 0.717) is 19.6 Å². The number of carbonyl (C=O) groups is 1. The highest BCUT2D eigenvalue weighted by Gasteiger charge is 2.16. The lowest BCUT2D eigenvalue weighted by molar-refractivity contribution is -0.402. The second-order valence-corrected chi connectivity index (χ2v) is 4.93. The third-order valence-corrected chi connectivity index (χ3v) is 3.24. The first-order valence-corrected chi connectivity index (χ1v) is 7.27. The number of furan rings is 1. The molecule has 2 aromatic rings. The number of hydrogen-bond donors (Lipinski definition) is 1. The standard InChI is InChI=1S/C16H18N2O5/c1-12(13-6-3-2-4-7-13)22-11-5-10-17-16(19)14-8-9-15(23-14)18(20)21/h2-4,6-9,12H,5,10-11H2,1H3,(H,17,19). The second kappa shape index (κ2) is 8.09. The van der Waals surface area contributed by atoms with E-state index in [-0.39, 0.29) is 11.9 Å². The van der Waals surface area contributed by atoms with Crippen LogP contribution in [-0.2, 0) is 4.74 Å². The molecule has 122 valence electrons. The zero-order valence-electron chi connectivity index (χ0n) is 12.7. The molecule has 0 aliphatic rings. The molecular formula is C16H18N2O5. The molecule has 0 aliphatic heterocycles. The van der Waals surface area contributed by atoms with Gasteiger partial charge in [-0.2, -0.15) is 0 Å². The summed E-state index contributed by atoms with van der Waals surface area (Å²) < 4.78 is 10.5. The maximum absolute atomic E-state index is 11.7. The summed E-state index contributed by atoms with van der Waals surface area (Å²) in [4.78, 5) is 21.5. The summed E-state index contributed by atoms with van der Waals surface area (Å²) in [7, 11) is 0. The third-order valence-electron chi connectivity index (χ3n) is 3.24. The molecule has 1 atom stereocenters. The highest BCUT2D eigenvalue weighted by Crippen LogP contribution is 2.16. The fraction of sp³-hybridized carbons (Fsp3) is 0.312. The minimum absolute atomic E-state index is 0.0142. The van der Waals surface area contributed by atoms with Crippen LogP contribution in [0.2, 0.25) is 0 Å². The zero-order chi connectivity index (χ0) is 16.7. The number of carbonyl (C=O) groups excluding carboxylic acids is 1. The normalized spacial score (nSPS) is 11.9. The van der Waals surface area contributed by atoms with E-state index in [1.807, 2.05) is 37.3 Å². The number of benzene rings is 1. The Hall–Kier alpha value is -2.67. The van der Waals surface area contributed by atoms with E-state index in [1.54, 1.807) is 0 Å². The number of rotatable bonds is 8. The topological polar surface area (TPSA) is 94.6 Å². The van der Waals surface area contributed by atoms with Gasteiger partial charge in [0, 0.05) is 13.2 Å². The first-order chi connectivity index (χ1) is 11.1. The predicted octanol–water partition coefficient (Wildman–Crippen LogP) is 3.09. The Balaban J connectivity index is 1.67. The maximum atomic E-state index is 11.7. The number of nitro groups is 1. The van der Waals surface area contributed by atoms with Crippen molar-refractivity contribution >= 4 is 11.8 Å². The Morgan fingerprint density at radius 1 is 1.30 bits per heavy atom. The molecule has 0 spiro atoms. The summed E-state index contributed by atoms with van der Waals surface area (Å²) in [5.74, 6) is -1.00. The first-order valence-electron chi connectivity index (χ1n) is 7.27. The highest BCUT2D eigenvalue weighted by atomic mass is 16.6. The van der Waals surface area contributed by atoms with Crippen LogP contribution >= 0.6 is 0 Å². The molecule has 0 fully saturated rings. The van der Waals surface area contributed by atoms with Gasteiger partial charge in [-0.05, 0) is 25.0 Å². The summed E-state index contributed by atoms with van der Waals surface area (Å²) in [5.41, 5.74) is 1.10. The summed E-state index contributed by atoms with van der Waals surface area (Å²) in [6.45, 7) is 2.86. The van der Waals surface area contributed by atoms with Gasteiger partial charge in [0.05, 0.1) is 12.2 Å². The van der Waals surface area contributed by atoms with Crippen molar-refractivity contribution in [2.45, 2.75) is 19.4 Å². The summed E-state index contributed by atoms with van der Waals surface area (Å²) in [5, 5.41) is 13.1. The van der Waals surface area contributed by atoms with Gasteiger partial charge >= 0.3 is 5.88 Å². The van der Waals surface area contributed by atoms with E-state index >= 15 is 0 Å². The zero-order valence-corrected chi connectivity index (χ0v) is 12.7. The molecule has 0 aliphatic carbocycles. The van der Waals surface area contributed by atoms with Crippen molar-refractivity contribution in [1.82, 2.24) is 5.32 Å². The minimum atomic E-state index is -0.685. The van der Waals surface area contributed by atoms with Gasteiger partial charge in [0.1, 0.15) is 4.92 Å². The van der Waals surface area contributed by atoms with Crippen LogP contribution in [0.3, 0.4) is 0 Å². The van der Waals surface area contributed by atoms with Crippen molar-refractivity contribution in [3.8, 4) is 0 Å². The lowest BCUT2D eigenvalue weighted by Gasteiger charge is -2.13. The number of ether oxygens (including phenoxy) is 1. The van der Waals surface area contributed by atoms with Crippen LogP contribution in [-0.4, -0.2) is 24.0 Å². The Bertz CT molecular complexity index is 654.